The summed E-state index contributed by atoms with van der Waals surface area (Å²) in [5, 5.41) is 34.9. The van der Waals surface area contributed by atoms with Crippen molar-refractivity contribution in [1.29, 1.82) is 0 Å². The van der Waals surface area contributed by atoms with Crippen LogP contribution in [-0.4, -0.2) is 102 Å². The van der Waals surface area contributed by atoms with Crippen LogP contribution < -0.4 is 9.80 Å². The van der Waals surface area contributed by atoms with E-state index < -0.39 is 0 Å². The largest absolute Gasteiger partial charge is 0.416 e. The Bertz CT molecular complexity index is 5780. The molecule has 0 fully saturated rings. The molecule has 0 amide bonds. The molecule has 5 heterocycles. The maximum Gasteiger partial charge on any atom is 0.248 e. The molecule has 0 aliphatic carbocycles. The Balaban J connectivity index is 0.554. The van der Waals surface area contributed by atoms with Gasteiger partial charge in [0.1, 0.15) is 11.0 Å². The van der Waals surface area contributed by atoms with Gasteiger partial charge in [-0.15, -0.1) is 40.8 Å². The zero-order valence-electron chi connectivity index (χ0n) is 73.8. The number of fused-ring (bicyclic) bond motifs is 1. The average molecular weight is 1700 g/mol. The summed E-state index contributed by atoms with van der Waals surface area (Å²) in [6.45, 7) is 32.3. The van der Waals surface area contributed by atoms with Gasteiger partial charge in [0.15, 0.2) is 0 Å². The molecule has 0 unspecified atom stereocenters. The van der Waals surface area contributed by atoms with E-state index in [0.29, 0.717) is 137 Å². The molecular formula is C106H102N12O8S. The first-order valence-electron chi connectivity index (χ1n) is 42.8. The van der Waals surface area contributed by atoms with Crippen molar-refractivity contribution in [1.82, 2.24) is 49.5 Å². The Morgan fingerprint density at radius 2 is 0.457 bits per heavy atom. The van der Waals surface area contributed by atoms with Crippen molar-refractivity contribution in [3.63, 3.8) is 0 Å². The number of hydrogen-bond donors (Lipinski definition) is 0. The summed E-state index contributed by atoms with van der Waals surface area (Å²) in [7, 11) is 0. The maximum atomic E-state index is 6.36. The number of anilines is 2. The minimum Gasteiger partial charge on any atom is -0.416 e. The summed E-state index contributed by atoms with van der Waals surface area (Å²) in [6.07, 6.45) is 0. The normalized spacial score (nSPS) is 11.8. The van der Waals surface area contributed by atoms with Gasteiger partial charge in [-0.3, -0.25) is 0 Å². The lowest BCUT2D eigenvalue weighted by molar-refractivity contribution is 0.115. The van der Waals surface area contributed by atoms with Gasteiger partial charge in [0.25, 0.3) is 0 Å². The predicted octanol–water partition coefficient (Wildman–Crippen LogP) is 23.0. The first-order valence-corrected chi connectivity index (χ1v) is 43.6. The number of ether oxygens (including phenoxy) is 4. The first-order chi connectivity index (χ1) is 61.4. The van der Waals surface area contributed by atoms with Gasteiger partial charge in [0, 0.05) is 93.2 Å². The van der Waals surface area contributed by atoms with Crippen molar-refractivity contribution in [3.8, 4) is 115 Å². The lowest BCUT2D eigenvalue weighted by Gasteiger charge is -2.25. The minimum absolute atomic E-state index is 0.0422. The van der Waals surface area contributed by atoms with Crippen LogP contribution in [0, 0.1) is 23.7 Å². The molecule has 0 atom stereocenters. The number of benzene rings is 11. The summed E-state index contributed by atoms with van der Waals surface area (Å²) in [4.78, 5) is 4.55. The molecule has 0 aliphatic rings. The Kier molecular flexibility index (Phi) is 26.6. The Morgan fingerprint density at radius 1 is 0.252 bits per heavy atom. The van der Waals surface area contributed by atoms with Crippen LogP contribution in [-0.2, 0) is 67.0 Å². The standard InChI is InChI=1S/C106H102N12O8S/c1-103(2,3)87-47-39-83(40-48-87)99-111-107-95(123-99)79-29-15-73(16-30-79)67-119-63-59-117(60-64-120-68-74-17-31-80(32-18-74)96-108-112-100(124-96)84-41-49-88(50-42-84)104(4,5)6)91-55-23-71(24-56-91)13-27-77-37-38-78(94-93(77)115-127-116-94)28-14-72-25-57-92(58-26-72)118(61-65-121-69-75-19-33-81(34-20-75)97-109-113-101(125-97)85-43-51-89(52-44-85)105(7,8)9)62-66-122-70-76-21-35-82(36-22-76)98-110-114-102(126-98)86-45-53-90(54-46-86)106(10,11)12/h15-26,29-58H,59-70H2,1-12H3. The van der Waals surface area contributed by atoms with Crippen molar-refractivity contribution < 1.29 is 36.6 Å². The molecule has 0 radical (unpaired) electrons. The number of rotatable bonds is 30. The fourth-order valence-corrected chi connectivity index (χ4v) is 14.9. The van der Waals surface area contributed by atoms with E-state index in [4.69, 9.17) is 45.4 Å². The summed E-state index contributed by atoms with van der Waals surface area (Å²) in [5.74, 6) is 17.3. The van der Waals surface area contributed by atoms with Crippen LogP contribution in [0.1, 0.15) is 150 Å². The smallest absolute Gasteiger partial charge is 0.248 e. The van der Waals surface area contributed by atoms with Crippen molar-refractivity contribution in [2.75, 3.05) is 62.4 Å². The van der Waals surface area contributed by atoms with Gasteiger partial charge in [-0.1, -0.05) is 204 Å². The third-order valence-corrected chi connectivity index (χ3v) is 22.7. The van der Waals surface area contributed by atoms with E-state index in [-0.39, 0.29) is 21.7 Å². The van der Waals surface area contributed by atoms with Crippen LogP contribution in [0.4, 0.5) is 11.4 Å². The highest BCUT2D eigenvalue weighted by Crippen LogP contribution is 2.35. The summed E-state index contributed by atoms with van der Waals surface area (Å²) in [5.41, 5.74) is 22.7. The van der Waals surface area contributed by atoms with Crippen molar-refractivity contribution >= 4 is 34.1 Å². The molecule has 20 nitrogen and oxygen atoms in total. The van der Waals surface area contributed by atoms with Gasteiger partial charge in [-0.2, -0.15) is 8.75 Å². The van der Waals surface area contributed by atoms with Crippen LogP contribution in [0.25, 0.3) is 103 Å². The van der Waals surface area contributed by atoms with E-state index >= 15 is 0 Å². The average Bonchev–Trinajstić information content (AvgIpc) is 1.59. The molecule has 0 saturated carbocycles. The molecule has 640 valence electrons. The van der Waals surface area contributed by atoms with Crippen LogP contribution in [0.2, 0.25) is 0 Å². The first kappa shape index (κ1) is 86.9. The predicted molar refractivity (Wildman–Crippen MR) is 501 cm³/mol. The molecule has 0 saturated heterocycles. The Labute approximate surface area is 746 Å². The van der Waals surface area contributed by atoms with Gasteiger partial charge in [-0.05, 0) is 224 Å². The molecule has 5 aromatic heterocycles. The highest BCUT2D eigenvalue weighted by molar-refractivity contribution is 7.00. The fourth-order valence-electron chi connectivity index (χ4n) is 14.3. The van der Waals surface area contributed by atoms with Crippen molar-refractivity contribution in [3.05, 3.63) is 322 Å². The van der Waals surface area contributed by atoms with Gasteiger partial charge in [0.05, 0.1) is 75.7 Å². The lowest BCUT2D eigenvalue weighted by Crippen LogP contribution is -2.31. The second-order valence-electron chi connectivity index (χ2n) is 35.6. The molecule has 16 aromatic rings. The Morgan fingerprint density at radius 3 is 0.661 bits per heavy atom. The van der Waals surface area contributed by atoms with Gasteiger partial charge in [-0.25, -0.2) is 0 Å². The fraction of sp³-hybridized carbons (Fsp3) is 0.264. The van der Waals surface area contributed by atoms with Gasteiger partial charge in [0.2, 0.25) is 47.1 Å². The van der Waals surface area contributed by atoms with Crippen molar-refractivity contribution in [2.45, 2.75) is 131 Å². The van der Waals surface area contributed by atoms with E-state index in [1.54, 1.807) is 0 Å². The summed E-state index contributed by atoms with van der Waals surface area (Å²) < 4.78 is 59.4. The van der Waals surface area contributed by atoms with Gasteiger partial charge < -0.3 is 46.4 Å². The maximum absolute atomic E-state index is 6.36. The quantitative estimate of drug-likeness (QED) is 0.0301. The van der Waals surface area contributed by atoms with E-state index in [9.17, 15) is 0 Å². The van der Waals surface area contributed by atoms with E-state index in [0.717, 1.165) is 112 Å². The monoisotopic (exact) mass is 1700 g/mol. The van der Waals surface area contributed by atoms with Crippen LogP contribution in [0.3, 0.4) is 0 Å². The minimum atomic E-state index is 0.0422. The molecule has 11 aromatic carbocycles. The molecule has 0 aliphatic heterocycles. The highest BCUT2D eigenvalue weighted by atomic mass is 32.1. The van der Waals surface area contributed by atoms with Crippen molar-refractivity contribution in [2.24, 2.45) is 0 Å². The molecule has 16 rings (SSSR count). The SMILES string of the molecule is CC(C)(C)c1ccc(-c2nnc(-c3ccc(COCCN(CCOCc4ccc(-c5nnc(-c6ccc(C(C)(C)C)cc6)o5)cc4)c4ccc(C#Cc5ccc(C#Cc6ccc(N(CCOCc7ccc(-c8nnc(-c9ccc(C(C)(C)C)cc9)o8)cc7)CCOCc7ccc(-c8nnc(-c9ccc(C(C)(C)C)cc9)o8)cc7)cc6)c6nsnc56)cc4)cc3)o2)cc1. The summed E-state index contributed by atoms with van der Waals surface area (Å²) >= 11 is 1.14. The number of nitrogens with zero attached hydrogens (tertiary/aromatic N) is 12. The molecule has 21 heteroatoms. The second kappa shape index (κ2) is 38.9. The van der Waals surface area contributed by atoms with E-state index in [2.05, 4.69) is 230 Å². The molecule has 0 spiro atoms. The highest BCUT2D eigenvalue weighted by Gasteiger charge is 2.23. The molecule has 0 bridgehead atoms. The van der Waals surface area contributed by atoms with E-state index in [1.807, 2.05) is 182 Å². The molecule has 127 heavy (non-hydrogen) atoms. The number of hydrogen-bond acceptors (Lipinski definition) is 21. The third-order valence-electron chi connectivity index (χ3n) is 22.2. The van der Waals surface area contributed by atoms with Crippen LogP contribution >= 0.6 is 11.7 Å². The summed E-state index contributed by atoms with van der Waals surface area (Å²) in [6, 6.07) is 85.8. The lowest BCUT2D eigenvalue weighted by atomic mass is 9.87. The second-order valence-corrected chi connectivity index (χ2v) is 36.2. The van der Waals surface area contributed by atoms with Crippen LogP contribution in [0.5, 0.6) is 0 Å². The van der Waals surface area contributed by atoms with Gasteiger partial charge >= 0.3 is 0 Å². The Hall–Kier alpha value is -13.6. The topological polar surface area (TPSA) is 225 Å². The zero-order chi connectivity index (χ0) is 88.1. The number of aromatic nitrogens is 10. The third kappa shape index (κ3) is 22.4. The zero-order valence-corrected chi connectivity index (χ0v) is 74.6. The van der Waals surface area contributed by atoms with E-state index in [1.165, 1.54) is 22.3 Å². The molecule has 0 N–H and O–H groups in total. The molecular weight excluding hydrogens is 1600 g/mol. The van der Waals surface area contributed by atoms with Crippen LogP contribution in [0.15, 0.2) is 272 Å².